The van der Waals surface area contributed by atoms with Gasteiger partial charge >= 0.3 is 36.4 Å². The molecule has 0 spiro atoms. The quantitative estimate of drug-likeness (QED) is 0.392. The molecule has 0 aliphatic carbocycles. The van der Waals surface area contributed by atoms with Gasteiger partial charge in [-0.05, 0) is 0 Å². The maximum absolute atomic E-state index is 2.53. The second-order valence-electron chi connectivity index (χ2n) is 2.08. The fourth-order valence-electron chi connectivity index (χ4n) is 0.935. The summed E-state index contributed by atoms with van der Waals surface area (Å²) in [6.07, 6.45) is 0. The molecule has 1 nitrogen and oxygen atoms in total. The van der Waals surface area contributed by atoms with Gasteiger partial charge in [0.1, 0.15) is 0 Å². The summed E-state index contributed by atoms with van der Waals surface area (Å²) < 4.78 is 0. The van der Waals surface area contributed by atoms with Gasteiger partial charge < -0.3 is 0 Å². The molecular formula is C3H6GaN. The Bertz CT molecular complexity index is 43.6. The van der Waals surface area contributed by atoms with Crippen LogP contribution in [0.15, 0.2) is 0 Å². The van der Waals surface area contributed by atoms with Gasteiger partial charge in [-0.25, -0.2) is 0 Å². The normalized spacial score (nSPS) is 32.4. The first-order valence-corrected chi connectivity index (χ1v) is 7.31. The Hall–Kier alpha value is 0.596. The zero-order chi connectivity index (χ0) is 3.28. The van der Waals surface area contributed by atoms with E-state index in [1.807, 2.05) is 0 Å². The molecule has 0 amide bonds. The minimum atomic E-state index is -0.262. The Kier molecular flexibility index (Phi) is 0.351. The Labute approximate surface area is 37.0 Å². The summed E-state index contributed by atoms with van der Waals surface area (Å²) in [5, 5.41) is 4.81. The summed E-state index contributed by atoms with van der Waals surface area (Å²) in [5.41, 5.74) is 0. The molecule has 3 rings (SSSR count). The molecule has 0 saturated carbocycles. The summed E-state index contributed by atoms with van der Waals surface area (Å²) in [6, 6.07) is 0. The van der Waals surface area contributed by atoms with E-state index in [4.69, 9.17) is 0 Å². The number of hydrogen-bond donors (Lipinski definition) is 0. The van der Waals surface area contributed by atoms with Crippen LogP contribution in [0.4, 0.5) is 0 Å². The van der Waals surface area contributed by atoms with Crippen molar-refractivity contribution >= 4 is 16.2 Å². The van der Waals surface area contributed by atoms with Crippen LogP contribution < -0.4 is 0 Å². The van der Waals surface area contributed by atoms with E-state index in [-0.39, 0.29) is 16.2 Å². The standard InChI is InChI=1S/C3H6N.Ga/c1-4(2)3;/h1-3H2;. The van der Waals surface area contributed by atoms with Gasteiger partial charge in [-0.2, -0.15) is 0 Å². The van der Waals surface area contributed by atoms with E-state index in [0.29, 0.717) is 0 Å². The van der Waals surface area contributed by atoms with Crippen molar-refractivity contribution < 1.29 is 0 Å². The molecule has 0 radical (unpaired) electrons. The topological polar surface area (TPSA) is 3.24 Å². The van der Waals surface area contributed by atoms with E-state index in [9.17, 15) is 0 Å². The Morgan fingerprint density at radius 3 is 1.40 bits per heavy atom. The summed E-state index contributed by atoms with van der Waals surface area (Å²) in [5.74, 6) is 0. The van der Waals surface area contributed by atoms with Gasteiger partial charge in [0.05, 0.1) is 0 Å². The van der Waals surface area contributed by atoms with Crippen molar-refractivity contribution in [2.45, 2.75) is 0 Å². The van der Waals surface area contributed by atoms with Crippen LogP contribution >= 0.6 is 0 Å². The zero-order valence-corrected chi connectivity index (χ0v) is 5.57. The summed E-state index contributed by atoms with van der Waals surface area (Å²) in [6.45, 7) is 0. The summed E-state index contributed by atoms with van der Waals surface area (Å²) in [4.78, 5) is 2.53. The predicted octanol–water partition coefficient (Wildman–Crippen LogP) is -0.572. The van der Waals surface area contributed by atoms with E-state index in [2.05, 4.69) is 4.90 Å². The molecule has 3 aliphatic rings. The molecule has 3 aliphatic heterocycles. The van der Waals surface area contributed by atoms with Gasteiger partial charge in [0, 0.05) is 0 Å². The second kappa shape index (κ2) is 0.646. The van der Waals surface area contributed by atoms with Gasteiger partial charge in [-0.15, -0.1) is 0 Å². The molecule has 0 aromatic heterocycles. The molecule has 3 heterocycles. The molecule has 5 heavy (non-hydrogen) atoms. The van der Waals surface area contributed by atoms with E-state index in [0.717, 1.165) is 0 Å². The zero-order valence-electron chi connectivity index (χ0n) is 3.15. The van der Waals surface area contributed by atoms with Crippen molar-refractivity contribution in [2.75, 3.05) is 15.3 Å². The molecule has 0 atom stereocenters. The van der Waals surface area contributed by atoms with Gasteiger partial charge in [0.2, 0.25) is 0 Å². The molecule has 0 aromatic carbocycles. The van der Waals surface area contributed by atoms with E-state index >= 15 is 0 Å². The van der Waals surface area contributed by atoms with Crippen LogP contribution in [0.1, 0.15) is 0 Å². The van der Waals surface area contributed by atoms with Crippen LogP contribution in [0.3, 0.4) is 0 Å². The first-order valence-electron chi connectivity index (χ1n) is 2.17. The van der Waals surface area contributed by atoms with Crippen LogP contribution in [0.5, 0.6) is 0 Å². The Morgan fingerprint density at radius 2 is 1.40 bits per heavy atom. The first-order chi connectivity index (χ1) is 2.45. The second-order valence-corrected chi connectivity index (χ2v) is 8.02. The molecular weight excluding hydrogens is 120 g/mol. The maximum atomic E-state index is 2.53. The van der Waals surface area contributed by atoms with Crippen molar-refractivity contribution in [3.05, 3.63) is 0 Å². The Morgan fingerprint density at radius 1 is 1.20 bits per heavy atom. The molecule has 26 valence electrons. The third-order valence-electron chi connectivity index (χ3n) is 1.55. The third kappa shape index (κ3) is 0.195. The van der Waals surface area contributed by atoms with Crippen molar-refractivity contribution in [1.29, 1.82) is 0 Å². The number of nitrogens with zero attached hydrogens (tertiary/aromatic N) is 1. The van der Waals surface area contributed by atoms with Crippen molar-refractivity contribution in [3.63, 3.8) is 0 Å². The minimum absolute atomic E-state index is 0.262. The average Bonchev–Trinajstić information content (AvgIpc) is 0.592. The molecule has 2 heteroatoms. The van der Waals surface area contributed by atoms with Crippen molar-refractivity contribution in [3.8, 4) is 0 Å². The summed E-state index contributed by atoms with van der Waals surface area (Å²) >= 11 is -0.262. The molecule has 3 fully saturated rings. The summed E-state index contributed by atoms with van der Waals surface area (Å²) in [7, 11) is 0. The van der Waals surface area contributed by atoms with Crippen LogP contribution in [0, 0.1) is 0 Å². The molecule has 2 bridgehead atoms. The third-order valence-corrected chi connectivity index (χ3v) is 8.05. The van der Waals surface area contributed by atoms with Gasteiger partial charge in [-0.3, -0.25) is 0 Å². The van der Waals surface area contributed by atoms with Crippen LogP contribution in [-0.4, -0.2) is 36.4 Å². The number of rotatable bonds is 0. The van der Waals surface area contributed by atoms with E-state index < -0.39 is 0 Å². The van der Waals surface area contributed by atoms with Crippen LogP contribution in [0.2, 0.25) is 0 Å². The predicted molar refractivity (Wildman–Crippen MR) is 22.2 cm³/mol. The van der Waals surface area contributed by atoms with Gasteiger partial charge in [0.15, 0.2) is 0 Å². The van der Waals surface area contributed by atoms with E-state index in [1.54, 1.807) is 15.3 Å². The first kappa shape index (κ1) is 2.72. The van der Waals surface area contributed by atoms with Crippen molar-refractivity contribution in [2.24, 2.45) is 0 Å². The number of hydrogen-bond acceptors (Lipinski definition) is 1. The van der Waals surface area contributed by atoms with Gasteiger partial charge in [-0.1, -0.05) is 0 Å². The van der Waals surface area contributed by atoms with E-state index in [1.165, 1.54) is 0 Å². The SMILES string of the molecule is [CH2]1N2[CH2][Ga]1[CH2]2. The van der Waals surface area contributed by atoms with Crippen molar-refractivity contribution in [1.82, 2.24) is 4.90 Å². The molecule has 0 N–H and O–H groups in total. The monoisotopic (exact) mass is 125 g/mol. The fourth-order valence-corrected chi connectivity index (χ4v) is 4.86. The fraction of sp³-hybridized carbons (Fsp3) is 1.00. The molecule has 0 unspecified atom stereocenters. The van der Waals surface area contributed by atoms with Gasteiger partial charge in [0.25, 0.3) is 0 Å². The average molecular weight is 126 g/mol. The Balaban J connectivity index is 2.19. The molecule has 0 aromatic rings. The van der Waals surface area contributed by atoms with Crippen LogP contribution in [-0.2, 0) is 0 Å². The van der Waals surface area contributed by atoms with Crippen LogP contribution in [0.25, 0.3) is 0 Å². The molecule has 3 saturated heterocycles.